The molecule has 1 aromatic heterocycles. The van der Waals surface area contributed by atoms with E-state index in [0.717, 1.165) is 0 Å². The number of aromatic nitrogens is 3. The number of hydrogen-bond donors (Lipinski definition) is 2. The van der Waals surface area contributed by atoms with Crippen molar-refractivity contribution in [1.82, 2.24) is 14.8 Å². The number of carboxylic acids is 1. The zero-order chi connectivity index (χ0) is 17.7. The second kappa shape index (κ2) is 6.73. The monoisotopic (exact) mass is 319 g/mol. The van der Waals surface area contributed by atoms with Crippen molar-refractivity contribution in [3.8, 4) is 23.9 Å². The number of allylic oxidation sites excluding steroid dienone is 2. The zero-order valence-electron chi connectivity index (χ0n) is 12.3. The molecule has 1 heterocycles. The maximum absolute atomic E-state index is 11.6. The fraction of sp³-hybridized carbons (Fsp3) is 0.0667. The first-order valence-corrected chi connectivity index (χ1v) is 6.46. The summed E-state index contributed by atoms with van der Waals surface area (Å²) in [6, 6.07) is 7.85. The van der Waals surface area contributed by atoms with Crippen molar-refractivity contribution in [2.45, 2.75) is 6.92 Å². The third-order valence-corrected chi connectivity index (χ3v) is 3.07. The van der Waals surface area contributed by atoms with Crippen LogP contribution >= 0.6 is 0 Å². The number of rotatable bonds is 4. The lowest BCUT2D eigenvalue weighted by Gasteiger charge is -2.14. The predicted octanol–water partition coefficient (Wildman–Crippen LogP) is 1.51. The normalized spacial score (nSPS) is 9.25. The van der Waals surface area contributed by atoms with E-state index in [1.54, 1.807) is 31.2 Å². The van der Waals surface area contributed by atoms with Crippen LogP contribution in [0.4, 0.5) is 5.69 Å². The Morgan fingerprint density at radius 1 is 1.25 bits per heavy atom. The molecule has 0 aliphatic heterocycles. The molecule has 0 saturated carbocycles. The van der Waals surface area contributed by atoms with Gasteiger partial charge in [0.25, 0.3) is 0 Å². The zero-order valence-corrected chi connectivity index (χ0v) is 12.3. The summed E-state index contributed by atoms with van der Waals surface area (Å²) < 4.78 is 1.39. The van der Waals surface area contributed by atoms with Gasteiger partial charge in [-0.1, -0.05) is 0 Å². The number of carboxylic acid groups (broad SMARTS) is 1. The minimum atomic E-state index is -1.24. The van der Waals surface area contributed by atoms with Crippen LogP contribution in [0.5, 0.6) is 0 Å². The van der Waals surface area contributed by atoms with Gasteiger partial charge < -0.3 is 10.4 Å². The van der Waals surface area contributed by atoms with Crippen molar-refractivity contribution in [2.75, 3.05) is 5.32 Å². The Bertz CT molecular complexity index is 937. The molecular weight excluding hydrogens is 310 g/mol. The Morgan fingerprint density at radius 3 is 2.46 bits per heavy atom. The van der Waals surface area contributed by atoms with Crippen molar-refractivity contribution in [2.24, 2.45) is 0 Å². The molecule has 9 heteroatoms. The first-order valence-electron chi connectivity index (χ1n) is 6.46. The lowest BCUT2D eigenvalue weighted by molar-refractivity contribution is 0.0698. The summed E-state index contributed by atoms with van der Waals surface area (Å²) in [7, 11) is 0. The van der Waals surface area contributed by atoms with Crippen LogP contribution in [0.1, 0.15) is 15.9 Å². The van der Waals surface area contributed by atoms with Crippen LogP contribution in [-0.4, -0.2) is 25.8 Å². The van der Waals surface area contributed by atoms with Crippen molar-refractivity contribution in [3.05, 3.63) is 47.2 Å². The van der Waals surface area contributed by atoms with Gasteiger partial charge in [-0.15, -0.1) is 0 Å². The van der Waals surface area contributed by atoms with Crippen LogP contribution in [0.15, 0.2) is 36.1 Å². The van der Waals surface area contributed by atoms with Crippen LogP contribution in [-0.2, 0) is 0 Å². The molecule has 116 valence electrons. The van der Waals surface area contributed by atoms with Gasteiger partial charge in [-0.25, -0.2) is 14.5 Å². The summed E-state index contributed by atoms with van der Waals surface area (Å²) in [6.45, 7) is 1.63. The highest BCUT2D eigenvalue weighted by Gasteiger charge is 2.18. The fourth-order valence-electron chi connectivity index (χ4n) is 1.98. The van der Waals surface area contributed by atoms with Gasteiger partial charge in [0, 0.05) is 0 Å². The summed E-state index contributed by atoms with van der Waals surface area (Å²) >= 11 is 0. The first kappa shape index (κ1) is 16.2. The maximum Gasteiger partial charge on any atom is 0.337 e. The average Bonchev–Trinajstić information content (AvgIpc) is 3.10. The standard InChI is InChI=1S/C15H9N7O2/c1-9-2-11(22-8-19-7-20-22)3-12(15(23)24)14(9)21-13(6-18)10(4-16)5-17/h2-3,7-8,21H,1H3,(H,23,24). The number of hydrogen-bond acceptors (Lipinski definition) is 7. The van der Waals surface area contributed by atoms with Crippen LogP contribution in [0.2, 0.25) is 0 Å². The maximum atomic E-state index is 11.6. The largest absolute Gasteiger partial charge is 0.478 e. The number of benzene rings is 1. The molecule has 2 aromatic rings. The summed E-state index contributed by atoms with van der Waals surface area (Å²) in [4.78, 5) is 15.4. The predicted molar refractivity (Wildman–Crippen MR) is 80.5 cm³/mol. The molecule has 0 aliphatic rings. The van der Waals surface area contributed by atoms with Gasteiger partial charge >= 0.3 is 5.97 Å². The highest BCUT2D eigenvalue weighted by molar-refractivity contribution is 5.96. The van der Waals surface area contributed by atoms with Crippen molar-refractivity contribution < 1.29 is 9.90 Å². The summed E-state index contributed by atoms with van der Waals surface area (Å²) in [5.41, 5.74) is 0.182. The van der Waals surface area contributed by atoms with E-state index in [1.165, 1.54) is 23.4 Å². The van der Waals surface area contributed by atoms with E-state index in [4.69, 9.17) is 15.8 Å². The molecule has 0 fully saturated rings. The smallest absolute Gasteiger partial charge is 0.337 e. The van der Waals surface area contributed by atoms with Crippen LogP contribution < -0.4 is 5.32 Å². The molecule has 0 amide bonds. The van der Waals surface area contributed by atoms with Gasteiger partial charge in [-0.2, -0.15) is 20.9 Å². The number of nitriles is 3. The lowest BCUT2D eigenvalue weighted by Crippen LogP contribution is -2.10. The lowest BCUT2D eigenvalue weighted by atomic mass is 10.1. The Morgan fingerprint density at radius 2 is 1.96 bits per heavy atom. The highest BCUT2D eigenvalue weighted by Crippen LogP contribution is 2.26. The minimum absolute atomic E-state index is 0.117. The number of nitrogens with one attached hydrogen (secondary N) is 1. The molecule has 0 unspecified atom stereocenters. The third-order valence-electron chi connectivity index (χ3n) is 3.07. The Hall–Kier alpha value is -4.16. The van der Waals surface area contributed by atoms with Crippen LogP contribution in [0.3, 0.4) is 0 Å². The average molecular weight is 319 g/mol. The molecule has 0 aliphatic carbocycles. The quantitative estimate of drug-likeness (QED) is 0.804. The molecule has 1 aromatic carbocycles. The molecule has 9 nitrogen and oxygen atoms in total. The Kier molecular flexibility index (Phi) is 4.55. The molecule has 0 radical (unpaired) electrons. The second-order valence-electron chi connectivity index (χ2n) is 4.54. The molecule has 2 N–H and O–H groups in total. The summed E-state index contributed by atoms with van der Waals surface area (Å²) in [5, 5.41) is 42.8. The van der Waals surface area contributed by atoms with Gasteiger partial charge in [0.05, 0.1) is 16.9 Å². The SMILES string of the molecule is Cc1cc(-n2cncn2)cc(C(=O)O)c1NC(C#N)=C(C#N)C#N. The van der Waals surface area contributed by atoms with Crippen LogP contribution in [0.25, 0.3) is 5.69 Å². The second-order valence-corrected chi connectivity index (χ2v) is 4.54. The third kappa shape index (κ3) is 3.03. The highest BCUT2D eigenvalue weighted by atomic mass is 16.4. The first-order chi connectivity index (χ1) is 11.5. The molecule has 0 atom stereocenters. The molecule has 0 spiro atoms. The van der Waals surface area contributed by atoms with Gasteiger partial charge in [0.15, 0.2) is 5.57 Å². The summed E-state index contributed by atoms with van der Waals surface area (Å²) in [6.07, 6.45) is 2.72. The fourth-order valence-corrected chi connectivity index (χ4v) is 1.98. The van der Waals surface area contributed by atoms with Gasteiger partial charge in [0.2, 0.25) is 0 Å². The van der Waals surface area contributed by atoms with Gasteiger partial charge in [-0.05, 0) is 24.6 Å². The van der Waals surface area contributed by atoms with Gasteiger partial charge in [-0.3, -0.25) is 0 Å². The van der Waals surface area contributed by atoms with E-state index in [9.17, 15) is 9.90 Å². The van der Waals surface area contributed by atoms with Crippen molar-refractivity contribution in [1.29, 1.82) is 15.8 Å². The number of nitrogens with zero attached hydrogens (tertiary/aromatic N) is 6. The number of aromatic carboxylic acids is 1. The molecule has 0 saturated heterocycles. The molecule has 2 rings (SSSR count). The number of carbonyl (C=O) groups is 1. The van der Waals surface area contributed by atoms with Gasteiger partial charge in [0.1, 0.15) is 36.6 Å². The van der Waals surface area contributed by atoms with E-state index in [-0.39, 0.29) is 16.9 Å². The topological polar surface area (TPSA) is 151 Å². The Labute approximate surface area is 136 Å². The van der Waals surface area contributed by atoms with E-state index in [0.29, 0.717) is 11.3 Å². The van der Waals surface area contributed by atoms with E-state index < -0.39 is 11.5 Å². The Balaban J connectivity index is 2.62. The molecule has 24 heavy (non-hydrogen) atoms. The van der Waals surface area contributed by atoms with Crippen molar-refractivity contribution >= 4 is 11.7 Å². The molecule has 0 bridgehead atoms. The van der Waals surface area contributed by atoms with E-state index in [2.05, 4.69) is 15.4 Å². The van der Waals surface area contributed by atoms with Crippen molar-refractivity contribution in [3.63, 3.8) is 0 Å². The molecular formula is C15H9N7O2. The van der Waals surface area contributed by atoms with Crippen LogP contribution in [0, 0.1) is 40.9 Å². The van der Waals surface area contributed by atoms with E-state index in [1.807, 2.05) is 0 Å². The van der Waals surface area contributed by atoms with E-state index >= 15 is 0 Å². The summed E-state index contributed by atoms with van der Waals surface area (Å²) in [5.74, 6) is -1.24. The number of aryl methyl sites for hydroxylation is 1. The minimum Gasteiger partial charge on any atom is -0.478 e. The number of anilines is 1.